The molecule has 136 valence electrons. The van der Waals surface area contributed by atoms with E-state index >= 15 is 0 Å². The number of rotatable bonds is 4. The number of fused-ring (bicyclic) bond motifs is 1. The van der Waals surface area contributed by atoms with Crippen molar-refractivity contribution >= 4 is 21.6 Å². The zero-order valence-electron chi connectivity index (χ0n) is 14.5. The number of nitrogens with one attached hydrogen (secondary N) is 2. The first-order chi connectivity index (χ1) is 12.5. The lowest BCUT2D eigenvalue weighted by atomic mass is 9.91. The van der Waals surface area contributed by atoms with Crippen LogP contribution in [0.4, 0.5) is 5.69 Å². The largest absolute Gasteiger partial charge is 0.355 e. The second-order valence-electron chi connectivity index (χ2n) is 7.07. The first-order valence-corrected chi connectivity index (χ1v) is 10.5. The van der Waals surface area contributed by atoms with Crippen molar-refractivity contribution in [3.8, 4) is 0 Å². The van der Waals surface area contributed by atoms with Crippen LogP contribution in [-0.2, 0) is 27.7 Å². The summed E-state index contributed by atoms with van der Waals surface area (Å²) in [6.07, 6.45) is 4.89. The summed E-state index contributed by atoms with van der Waals surface area (Å²) in [5.41, 5.74) is 4.16. The molecule has 1 heterocycles. The van der Waals surface area contributed by atoms with Crippen LogP contribution >= 0.6 is 0 Å². The molecule has 0 bridgehead atoms. The highest BCUT2D eigenvalue weighted by atomic mass is 32.2. The number of sulfonamides is 1. The predicted molar refractivity (Wildman–Crippen MR) is 101 cm³/mol. The van der Waals surface area contributed by atoms with Gasteiger partial charge in [-0.3, -0.25) is 9.52 Å². The molecule has 26 heavy (non-hydrogen) atoms. The summed E-state index contributed by atoms with van der Waals surface area (Å²) in [5.74, 6) is 0.161. The Hall–Kier alpha value is -2.34. The maximum Gasteiger partial charge on any atom is 0.261 e. The molecule has 1 atom stereocenters. The summed E-state index contributed by atoms with van der Waals surface area (Å²) in [7, 11) is -3.62. The van der Waals surface area contributed by atoms with Gasteiger partial charge in [0.05, 0.1) is 4.90 Å². The third kappa shape index (κ3) is 3.46. The van der Waals surface area contributed by atoms with E-state index in [-0.39, 0.29) is 16.7 Å². The number of carbonyl (C=O) groups is 1. The van der Waals surface area contributed by atoms with Crippen molar-refractivity contribution in [1.29, 1.82) is 0 Å². The van der Waals surface area contributed by atoms with E-state index in [0.717, 1.165) is 24.8 Å². The van der Waals surface area contributed by atoms with E-state index in [1.165, 1.54) is 17.5 Å². The van der Waals surface area contributed by atoms with Crippen molar-refractivity contribution < 1.29 is 13.2 Å². The molecule has 6 heteroatoms. The average Bonchev–Trinajstić information content (AvgIpc) is 3.08. The van der Waals surface area contributed by atoms with Crippen LogP contribution in [0.5, 0.6) is 0 Å². The van der Waals surface area contributed by atoms with E-state index in [9.17, 15) is 13.2 Å². The molecule has 1 fully saturated rings. The Labute approximate surface area is 153 Å². The van der Waals surface area contributed by atoms with Gasteiger partial charge >= 0.3 is 0 Å². The Morgan fingerprint density at radius 2 is 1.69 bits per heavy atom. The summed E-state index contributed by atoms with van der Waals surface area (Å²) >= 11 is 0. The molecular formula is C20H22N2O3S. The van der Waals surface area contributed by atoms with E-state index in [1.54, 1.807) is 24.3 Å². The monoisotopic (exact) mass is 370 g/mol. The maximum absolute atomic E-state index is 12.7. The molecule has 1 aliphatic carbocycles. The minimum Gasteiger partial charge on any atom is -0.355 e. The first-order valence-electron chi connectivity index (χ1n) is 9.02. The fourth-order valence-electron chi connectivity index (χ4n) is 3.77. The molecule has 0 saturated carbocycles. The van der Waals surface area contributed by atoms with Crippen molar-refractivity contribution in [3.63, 3.8) is 0 Å². The second-order valence-corrected chi connectivity index (χ2v) is 8.75. The van der Waals surface area contributed by atoms with Gasteiger partial charge in [0.1, 0.15) is 0 Å². The lowest BCUT2D eigenvalue weighted by Gasteiger charge is -2.17. The van der Waals surface area contributed by atoms with Crippen LogP contribution in [0.1, 0.15) is 41.9 Å². The Bertz CT molecular complexity index is 936. The van der Waals surface area contributed by atoms with Crippen molar-refractivity contribution in [3.05, 3.63) is 59.2 Å². The Morgan fingerprint density at radius 3 is 2.38 bits per heavy atom. The quantitative estimate of drug-likeness (QED) is 0.869. The van der Waals surface area contributed by atoms with Crippen molar-refractivity contribution in [2.45, 2.75) is 42.9 Å². The smallest absolute Gasteiger partial charge is 0.261 e. The Balaban J connectivity index is 1.52. The molecular weight excluding hydrogens is 348 g/mol. The molecule has 2 aromatic carbocycles. The lowest BCUT2D eigenvalue weighted by Crippen LogP contribution is -2.14. The van der Waals surface area contributed by atoms with Gasteiger partial charge in [0.15, 0.2) is 0 Å². The lowest BCUT2D eigenvalue weighted by molar-refractivity contribution is -0.119. The molecule has 0 unspecified atom stereocenters. The number of amides is 1. The summed E-state index contributed by atoms with van der Waals surface area (Å²) in [6, 6.07) is 12.6. The summed E-state index contributed by atoms with van der Waals surface area (Å²) in [4.78, 5) is 11.6. The number of benzene rings is 2. The van der Waals surface area contributed by atoms with E-state index in [2.05, 4.69) is 10.0 Å². The van der Waals surface area contributed by atoms with E-state index in [1.807, 2.05) is 18.2 Å². The van der Waals surface area contributed by atoms with Crippen molar-refractivity contribution in [1.82, 2.24) is 5.32 Å². The topological polar surface area (TPSA) is 75.3 Å². The van der Waals surface area contributed by atoms with E-state index in [0.29, 0.717) is 18.7 Å². The van der Waals surface area contributed by atoms with Gasteiger partial charge in [-0.05, 0) is 66.6 Å². The molecule has 2 aliphatic rings. The van der Waals surface area contributed by atoms with E-state index in [4.69, 9.17) is 0 Å². The molecule has 1 saturated heterocycles. The fraction of sp³-hybridized carbons (Fsp3) is 0.350. The van der Waals surface area contributed by atoms with Crippen molar-refractivity contribution in [2.75, 3.05) is 11.3 Å². The summed E-state index contributed by atoms with van der Waals surface area (Å²) in [5, 5.41) is 2.80. The van der Waals surface area contributed by atoms with Crippen LogP contribution in [0.25, 0.3) is 0 Å². The third-order valence-electron chi connectivity index (χ3n) is 5.24. The summed E-state index contributed by atoms with van der Waals surface area (Å²) in [6.45, 7) is 0.609. The van der Waals surface area contributed by atoms with Gasteiger partial charge in [-0.15, -0.1) is 0 Å². The Kier molecular flexibility index (Phi) is 4.44. The molecule has 0 spiro atoms. The molecule has 2 aromatic rings. The SMILES string of the molecule is O=C1C[C@H](c2ccc(S(=O)(=O)Nc3ccc4c(c3)CCCC4)cc2)CN1. The molecule has 4 rings (SSSR count). The summed E-state index contributed by atoms with van der Waals surface area (Å²) < 4.78 is 28.0. The van der Waals surface area contributed by atoms with Crippen LogP contribution in [0, 0.1) is 0 Å². The maximum atomic E-state index is 12.7. The zero-order valence-corrected chi connectivity index (χ0v) is 15.3. The molecule has 0 aromatic heterocycles. The van der Waals surface area contributed by atoms with Crippen LogP contribution in [0.15, 0.2) is 47.4 Å². The minimum atomic E-state index is -3.62. The number of carbonyl (C=O) groups excluding carboxylic acids is 1. The van der Waals surface area contributed by atoms with Crippen LogP contribution in [0.2, 0.25) is 0 Å². The molecule has 1 amide bonds. The van der Waals surface area contributed by atoms with E-state index < -0.39 is 10.0 Å². The zero-order chi connectivity index (χ0) is 18.1. The fourth-order valence-corrected chi connectivity index (χ4v) is 4.82. The van der Waals surface area contributed by atoms with Crippen LogP contribution in [0.3, 0.4) is 0 Å². The standard InChI is InChI=1S/C20H22N2O3S/c23-20-12-17(13-21-20)15-6-9-19(10-7-15)26(24,25)22-18-8-5-14-3-1-2-4-16(14)11-18/h5-11,17,22H,1-4,12-13H2,(H,21,23)/t17-/m0/s1. The average molecular weight is 370 g/mol. The minimum absolute atomic E-state index is 0.0424. The highest BCUT2D eigenvalue weighted by Gasteiger charge is 2.23. The number of hydrogen-bond donors (Lipinski definition) is 2. The van der Waals surface area contributed by atoms with Gasteiger partial charge in [-0.2, -0.15) is 0 Å². The van der Waals surface area contributed by atoms with Gasteiger partial charge in [0.25, 0.3) is 10.0 Å². The van der Waals surface area contributed by atoms with Gasteiger partial charge in [0, 0.05) is 24.6 Å². The van der Waals surface area contributed by atoms with Gasteiger partial charge in [0.2, 0.25) is 5.91 Å². The van der Waals surface area contributed by atoms with Gasteiger partial charge < -0.3 is 5.32 Å². The number of aryl methyl sites for hydroxylation is 2. The van der Waals surface area contributed by atoms with Crippen LogP contribution in [-0.4, -0.2) is 20.9 Å². The third-order valence-corrected chi connectivity index (χ3v) is 6.64. The second kappa shape index (κ2) is 6.76. The number of hydrogen-bond acceptors (Lipinski definition) is 3. The molecule has 0 radical (unpaired) electrons. The normalized spacial score (nSPS) is 19.7. The molecule has 5 nitrogen and oxygen atoms in total. The molecule has 1 aliphatic heterocycles. The highest BCUT2D eigenvalue weighted by molar-refractivity contribution is 7.92. The molecule has 2 N–H and O–H groups in total. The highest BCUT2D eigenvalue weighted by Crippen LogP contribution is 2.27. The van der Waals surface area contributed by atoms with Gasteiger partial charge in [-0.1, -0.05) is 18.2 Å². The van der Waals surface area contributed by atoms with Crippen molar-refractivity contribution in [2.24, 2.45) is 0 Å². The first kappa shape index (κ1) is 17.1. The van der Waals surface area contributed by atoms with Gasteiger partial charge in [-0.25, -0.2) is 8.42 Å². The Morgan fingerprint density at radius 1 is 0.962 bits per heavy atom. The van der Waals surface area contributed by atoms with Crippen LogP contribution < -0.4 is 10.0 Å². The number of anilines is 1. The predicted octanol–water partition coefficient (Wildman–Crippen LogP) is 2.97.